The average molecular weight is 297 g/mol. The zero-order valence-corrected chi connectivity index (χ0v) is 12.7. The van der Waals surface area contributed by atoms with E-state index in [9.17, 15) is 9.18 Å². The number of Topliss-reactive ketones (excluding diaryl/α,β-unsaturated/α-hetero) is 1. The second-order valence-electron chi connectivity index (χ2n) is 6.00. The maximum Gasteiger partial charge on any atom is 0.138 e. The highest BCUT2D eigenvalue weighted by Gasteiger charge is 2.33. The quantitative estimate of drug-likeness (QED) is 0.889. The molecule has 0 radical (unpaired) electrons. The number of hydrogen-bond acceptors (Lipinski definition) is 2. The van der Waals surface area contributed by atoms with Crippen LogP contribution >= 0.6 is 0 Å². The number of rotatable bonds is 4. The van der Waals surface area contributed by atoms with Gasteiger partial charge in [-0.1, -0.05) is 29.8 Å². The van der Waals surface area contributed by atoms with Gasteiger partial charge in [0.05, 0.1) is 6.04 Å². The average Bonchev–Trinajstić information content (AvgIpc) is 2.94. The minimum Gasteiger partial charge on any atom is -0.378 e. The molecule has 1 aliphatic carbocycles. The van der Waals surface area contributed by atoms with Crippen LogP contribution in [-0.2, 0) is 4.79 Å². The van der Waals surface area contributed by atoms with Gasteiger partial charge in [0.2, 0.25) is 0 Å². The van der Waals surface area contributed by atoms with Crippen molar-refractivity contribution in [1.29, 1.82) is 0 Å². The van der Waals surface area contributed by atoms with Gasteiger partial charge < -0.3 is 5.32 Å². The van der Waals surface area contributed by atoms with Gasteiger partial charge in [0.15, 0.2) is 0 Å². The molecule has 114 valence electrons. The number of halogens is 1. The van der Waals surface area contributed by atoms with Gasteiger partial charge in [0.25, 0.3) is 0 Å². The van der Waals surface area contributed by atoms with Crippen molar-refractivity contribution in [1.82, 2.24) is 0 Å². The minimum absolute atomic E-state index is 0.0354. The topological polar surface area (TPSA) is 29.1 Å². The first-order valence-corrected chi connectivity index (χ1v) is 7.75. The highest BCUT2D eigenvalue weighted by atomic mass is 19.1. The van der Waals surface area contributed by atoms with Gasteiger partial charge in [-0.25, -0.2) is 4.39 Å². The van der Waals surface area contributed by atoms with Crippen LogP contribution in [0.2, 0.25) is 0 Å². The largest absolute Gasteiger partial charge is 0.378 e. The molecule has 1 aliphatic rings. The van der Waals surface area contributed by atoms with Gasteiger partial charge >= 0.3 is 0 Å². The van der Waals surface area contributed by atoms with Crippen LogP contribution in [0.15, 0.2) is 48.5 Å². The smallest absolute Gasteiger partial charge is 0.138 e. The fourth-order valence-electron chi connectivity index (χ4n) is 3.11. The van der Waals surface area contributed by atoms with Crippen molar-refractivity contribution in [2.75, 3.05) is 5.32 Å². The van der Waals surface area contributed by atoms with E-state index in [4.69, 9.17) is 0 Å². The standard InChI is InChI=1S/C19H20FNO/c1-13-5-11-16(12-6-13)21-19(17-3-2-4-18(17)22)14-7-9-15(20)10-8-14/h5-12,17,19,21H,2-4H2,1H3/t17-,19+/m0/s1. The van der Waals surface area contributed by atoms with Gasteiger partial charge in [-0.3, -0.25) is 4.79 Å². The molecular formula is C19H20FNO. The number of hydrogen-bond donors (Lipinski definition) is 1. The summed E-state index contributed by atoms with van der Waals surface area (Å²) in [5.74, 6) is 0.0104. The van der Waals surface area contributed by atoms with Crippen molar-refractivity contribution in [3.63, 3.8) is 0 Å². The molecule has 2 nitrogen and oxygen atoms in total. The first kappa shape index (κ1) is 14.8. The maximum absolute atomic E-state index is 13.2. The Labute approximate surface area is 130 Å². The highest BCUT2D eigenvalue weighted by molar-refractivity contribution is 5.84. The molecule has 2 aromatic rings. The summed E-state index contributed by atoms with van der Waals surface area (Å²) >= 11 is 0. The van der Waals surface area contributed by atoms with Crippen molar-refractivity contribution in [2.45, 2.75) is 32.2 Å². The molecular weight excluding hydrogens is 277 g/mol. The van der Waals surface area contributed by atoms with E-state index in [1.165, 1.54) is 17.7 Å². The third-order valence-electron chi connectivity index (χ3n) is 4.36. The lowest BCUT2D eigenvalue weighted by molar-refractivity contribution is -0.121. The summed E-state index contributed by atoms with van der Waals surface area (Å²) in [6, 6.07) is 14.5. The molecule has 0 aromatic heterocycles. The van der Waals surface area contributed by atoms with Crippen molar-refractivity contribution < 1.29 is 9.18 Å². The number of carbonyl (C=O) groups excluding carboxylic acids is 1. The Morgan fingerprint density at radius 3 is 2.36 bits per heavy atom. The first-order chi connectivity index (χ1) is 10.6. The summed E-state index contributed by atoms with van der Waals surface area (Å²) in [6.45, 7) is 2.04. The van der Waals surface area contributed by atoms with E-state index in [-0.39, 0.29) is 17.8 Å². The summed E-state index contributed by atoms with van der Waals surface area (Å²) in [5, 5.41) is 3.47. The monoisotopic (exact) mass is 297 g/mol. The van der Waals surface area contributed by atoms with Gasteiger partial charge in [-0.2, -0.15) is 0 Å². The summed E-state index contributed by atoms with van der Waals surface area (Å²) in [6.07, 6.45) is 2.48. The number of anilines is 1. The Balaban J connectivity index is 1.90. The summed E-state index contributed by atoms with van der Waals surface area (Å²) in [4.78, 5) is 12.2. The predicted octanol–water partition coefficient (Wildman–Crippen LogP) is 4.66. The van der Waals surface area contributed by atoms with Crippen LogP contribution in [0.4, 0.5) is 10.1 Å². The molecule has 3 rings (SSSR count). The Bertz CT molecular complexity index is 648. The van der Waals surface area contributed by atoms with Gasteiger partial charge in [0.1, 0.15) is 11.6 Å². The van der Waals surface area contributed by atoms with E-state index < -0.39 is 0 Å². The normalized spacial score (nSPS) is 19.2. The zero-order valence-electron chi connectivity index (χ0n) is 12.7. The molecule has 1 saturated carbocycles. The third-order valence-corrected chi connectivity index (χ3v) is 4.36. The molecule has 1 fully saturated rings. The summed E-state index contributed by atoms with van der Waals surface area (Å²) < 4.78 is 13.2. The third kappa shape index (κ3) is 3.19. The molecule has 1 N–H and O–H groups in total. The van der Waals surface area contributed by atoms with Gasteiger partial charge in [-0.15, -0.1) is 0 Å². The minimum atomic E-state index is -0.254. The molecule has 3 heteroatoms. The van der Waals surface area contributed by atoms with E-state index in [1.807, 2.05) is 31.2 Å². The van der Waals surface area contributed by atoms with E-state index in [0.29, 0.717) is 12.2 Å². The molecule has 22 heavy (non-hydrogen) atoms. The molecule has 0 bridgehead atoms. The number of carbonyl (C=O) groups is 1. The number of benzene rings is 2. The Kier molecular flexibility index (Phi) is 4.23. The van der Waals surface area contributed by atoms with Crippen LogP contribution < -0.4 is 5.32 Å². The van der Waals surface area contributed by atoms with Crippen molar-refractivity contribution in [2.24, 2.45) is 5.92 Å². The van der Waals surface area contributed by atoms with E-state index in [0.717, 1.165) is 24.1 Å². The lowest BCUT2D eigenvalue weighted by Gasteiger charge is -2.25. The van der Waals surface area contributed by atoms with Gasteiger partial charge in [0, 0.05) is 18.0 Å². The fraction of sp³-hybridized carbons (Fsp3) is 0.316. The molecule has 2 aromatic carbocycles. The van der Waals surface area contributed by atoms with Crippen LogP contribution in [0.1, 0.15) is 36.4 Å². The number of aryl methyl sites for hydroxylation is 1. The molecule has 0 amide bonds. The van der Waals surface area contributed by atoms with Gasteiger partial charge in [-0.05, 0) is 49.6 Å². The molecule has 0 aliphatic heterocycles. The zero-order chi connectivity index (χ0) is 15.5. The Morgan fingerprint density at radius 2 is 1.77 bits per heavy atom. The van der Waals surface area contributed by atoms with Crippen LogP contribution in [0.3, 0.4) is 0 Å². The molecule has 0 spiro atoms. The van der Waals surface area contributed by atoms with Crippen LogP contribution in [0, 0.1) is 18.7 Å². The van der Waals surface area contributed by atoms with Crippen molar-refractivity contribution >= 4 is 11.5 Å². The first-order valence-electron chi connectivity index (χ1n) is 7.75. The predicted molar refractivity (Wildman–Crippen MR) is 86.3 cm³/mol. The second-order valence-corrected chi connectivity index (χ2v) is 6.00. The highest BCUT2D eigenvalue weighted by Crippen LogP contribution is 2.35. The van der Waals surface area contributed by atoms with Crippen LogP contribution in [0.25, 0.3) is 0 Å². The van der Waals surface area contributed by atoms with E-state index in [1.54, 1.807) is 12.1 Å². The summed E-state index contributed by atoms with van der Waals surface area (Å²) in [7, 11) is 0. The van der Waals surface area contributed by atoms with E-state index >= 15 is 0 Å². The SMILES string of the molecule is Cc1ccc(N[C@H](c2ccc(F)cc2)[C@H]2CCCC2=O)cc1. The molecule has 0 unspecified atom stereocenters. The lowest BCUT2D eigenvalue weighted by atomic mass is 9.90. The number of ketones is 1. The number of nitrogens with one attached hydrogen (secondary N) is 1. The molecule has 0 saturated heterocycles. The lowest BCUT2D eigenvalue weighted by Crippen LogP contribution is -2.24. The van der Waals surface area contributed by atoms with Crippen molar-refractivity contribution in [3.8, 4) is 0 Å². The van der Waals surface area contributed by atoms with Crippen LogP contribution in [0.5, 0.6) is 0 Å². The molecule has 2 atom stereocenters. The second kappa shape index (κ2) is 6.30. The molecule has 0 heterocycles. The maximum atomic E-state index is 13.2. The van der Waals surface area contributed by atoms with Crippen LogP contribution in [-0.4, -0.2) is 5.78 Å². The van der Waals surface area contributed by atoms with E-state index in [2.05, 4.69) is 5.32 Å². The Hall–Kier alpha value is -2.16. The fourth-order valence-corrected chi connectivity index (χ4v) is 3.11. The summed E-state index contributed by atoms with van der Waals surface area (Å²) in [5.41, 5.74) is 3.14. The van der Waals surface area contributed by atoms with Crippen molar-refractivity contribution in [3.05, 3.63) is 65.5 Å². The Morgan fingerprint density at radius 1 is 1.09 bits per heavy atom.